The van der Waals surface area contributed by atoms with Crippen molar-refractivity contribution in [2.75, 3.05) is 20.4 Å². The Balaban J connectivity index is 1.44. The number of halogens is 2. The first-order valence-corrected chi connectivity index (χ1v) is 9.03. The number of amides is 1. The Labute approximate surface area is 166 Å². The highest BCUT2D eigenvalue weighted by Gasteiger charge is 2.17. The van der Waals surface area contributed by atoms with Crippen molar-refractivity contribution < 1.29 is 28.2 Å². The lowest BCUT2D eigenvalue weighted by Gasteiger charge is -2.18. The zero-order valence-corrected chi connectivity index (χ0v) is 16.0. The maximum Gasteiger partial charge on any atom is 0.306 e. The van der Waals surface area contributed by atoms with Crippen molar-refractivity contribution in [3.8, 4) is 11.5 Å². The summed E-state index contributed by atoms with van der Waals surface area (Å²) in [7, 11) is 1.49. The molecule has 1 aliphatic heterocycles. The number of aryl methyl sites for hydroxylation is 1. The van der Waals surface area contributed by atoms with Crippen LogP contribution in [0.1, 0.15) is 17.5 Å². The average Bonchev–Trinajstić information content (AvgIpc) is 3.15. The Hall–Kier alpha value is -2.80. The van der Waals surface area contributed by atoms with Crippen molar-refractivity contribution in [2.24, 2.45) is 0 Å². The van der Waals surface area contributed by atoms with E-state index in [1.165, 1.54) is 24.1 Å². The van der Waals surface area contributed by atoms with Gasteiger partial charge in [-0.2, -0.15) is 0 Å². The summed E-state index contributed by atoms with van der Waals surface area (Å²) in [4.78, 5) is 25.3. The van der Waals surface area contributed by atoms with Gasteiger partial charge in [0.05, 0.1) is 0 Å². The van der Waals surface area contributed by atoms with Crippen LogP contribution in [0.25, 0.3) is 0 Å². The van der Waals surface area contributed by atoms with Crippen molar-refractivity contribution >= 4 is 23.5 Å². The summed E-state index contributed by atoms with van der Waals surface area (Å²) in [6.07, 6.45) is 0.570. The molecule has 6 nitrogen and oxygen atoms in total. The fourth-order valence-corrected chi connectivity index (χ4v) is 2.90. The maximum absolute atomic E-state index is 13.8. The second-order valence-electron chi connectivity index (χ2n) is 6.30. The summed E-state index contributed by atoms with van der Waals surface area (Å²) in [5.41, 5.74) is 1.12. The number of hydrogen-bond donors (Lipinski definition) is 0. The van der Waals surface area contributed by atoms with E-state index in [1.54, 1.807) is 12.1 Å². The largest absolute Gasteiger partial charge is 0.456 e. The van der Waals surface area contributed by atoms with Crippen LogP contribution in [0.15, 0.2) is 36.4 Å². The van der Waals surface area contributed by atoms with E-state index in [4.69, 9.17) is 25.8 Å². The second kappa shape index (κ2) is 8.93. The Morgan fingerprint density at radius 1 is 1.21 bits per heavy atom. The molecule has 0 spiro atoms. The predicted octanol–water partition coefficient (Wildman–Crippen LogP) is 3.34. The van der Waals surface area contributed by atoms with Crippen molar-refractivity contribution in [1.82, 2.24) is 4.90 Å². The minimum Gasteiger partial charge on any atom is -0.456 e. The molecule has 1 amide bonds. The maximum atomic E-state index is 13.8. The van der Waals surface area contributed by atoms with Gasteiger partial charge < -0.3 is 19.1 Å². The Bertz CT molecular complexity index is 869. The van der Waals surface area contributed by atoms with Crippen LogP contribution in [0.4, 0.5) is 4.39 Å². The van der Waals surface area contributed by atoms with Gasteiger partial charge >= 0.3 is 5.97 Å². The lowest BCUT2D eigenvalue weighted by molar-refractivity contribution is -0.151. The Kier molecular flexibility index (Phi) is 6.36. The fraction of sp³-hybridized carbons (Fsp3) is 0.300. The topological polar surface area (TPSA) is 65.1 Å². The second-order valence-corrected chi connectivity index (χ2v) is 6.71. The van der Waals surface area contributed by atoms with Gasteiger partial charge in [0, 0.05) is 30.6 Å². The van der Waals surface area contributed by atoms with Crippen molar-refractivity contribution in [2.45, 2.75) is 19.4 Å². The molecule has 1 aliphatic rings. The molecule has 2 aromatic carbocycles. The van der Waals surface area contributed by atoms with Gasteiger partial charge in [-0.15, -0.1) is 0 Å². The molecule has 2 aromatic rings. The monoisotopic (exact) mass is 407 g/mol. The highest BCUT2D eigenvalue weighted by atomic mass is 35.5. The number of carbonyl (C=O) groups excluding carboxylic acids is 2. The van der Waals surface area contributed by atoms with Gasteiger partial charge in [-0.3, -0.25) is 9.59 Å². The summed E-state index contributed by atoms with van der Waals surface area (Å²) in [5.74, 6) is -0.114. The number of rotatable bonds is 7. The quantitative estimate of drug-likeness (QED) is 0.659. The van der Waals surface area contributed by atoms with E-state index in [-0.39, 0.29) is 30.3 Å². The number of hydrogen-bond acceptors (Lipinski definition) is 5. The molecule has 0 bridgehead atoms. The number of fused-ring (bicyclic) bond motifs is 1. The van der Waals surface area contributed by atoms with E-state index in [0.717, 1.165) is 5.56 Å². The molecule has 28 heavy (non-hydrogen) atoms. The summed E-state index contributed by atoms with van der Waals surface area (Å²) in [6, 6.07) is 9.76. The van der Waals surface area contributed by atoms with E-state index in [9.17, 15) is 14.0 Å². The van der Waals surface area contributed by atoms with Crippen molar-refractivity contribution in [3.63, 3.8) is 0 Å². The summed E-state index contributed by atoms with van der Waals surface area (Å²) in [5, 5.41) is 0.236. The molecular weight excluding hydrogens is 389 g/mol. The molecule has 0 aromatic heterocycles. The van der Waals surface area contributed by atoms with Gasteiger partial charge in [0.25, 0.3) is 5.91 Å². The number of benzene rings is 2. The third-order valence-corrected chi connectivity index (χ3v) is 4.65. The third-order valence-electron chi connectivity index (χ3n) is 4.29. The highest BCUT2D eigenvalue weighted by Crippen LogP contribution is 2.32. The lowest BCUT2D eigenvalue weighted by Crippen LogP contribution is -2.31. The van der Waals surface area contributed by atoms with Crippen LogP contribution in [-0.4, -0.2) is 37.2 Å². The number of ether oxygens (including phenoxy) is 3. The van der Waals surface area contributed by atoms with E-state index in [0.29, 0.717) is 17.9 Å². The van der Waals surface area contributed by atoms with Gasteiger partial charge in [-0.05, 0) is 36.2 Å². The molecule has 148 valence electrons. The summed E-state index contributed by atoms with van der Waals surface area (Å²) >= 11 is 5.96. The van der Waals surface area contributed by atoms with Crippen molar-refractivity contribution in [3.05, 3.63) is 58.4 Å². The van der Waals surface area contributed by atoms with Crippen LogP contribution in [0, 0.1) is 5.82 Å². The van der Waals surface area contributed by atoms with E-state index >= 15 is 0 Å². The van der Waals surface area contributed by atoms with E-state index in [2.05, 4.69) is 0 Å². The molecule has 0 aliphatic carbocycles. The molecule has 1 heterocycles. The highest BCUT2D eigenvalue weighted by molar-refractivity contribution is 6.31. The van der Waals surface area contributed by atoms with Crippen LogP contribution >= 0.6 is 11.6 Å². The smallest absolute Gasteiger partial charge is 0.306 e. The molecule has 3 rings (SSSR count). The van der Waals surface area contributed by atoms with Crippen LogP contribution in [0.3, 0.4) is 0 Å². The fourth-order valence-electron chi connectivity index (χ4n) is 2.68. The first kappa shape index (κ1) is 19.9. The van der Waals surface area contributed by atoms with E-state index in [1.807, 2.05) is 12.1 Å². The average molecular weight is 408 g/mol. The number of carbonyl (C=O) groups is 2. The van der Waals surface area contributed by atoms with Gasteiger partial charge in [-0.1, -0.05) is 23.7 Å². The molecule has 0 fully saturated rings. The van der Waals surface area contributed by atoms with Gasteiger partial charge in [0.15, 0.2) is 18.1 Å². The third kappa shape index (κ3) is 4.92. The zero-order chi connectivity index (χ0) is 20.1. The van der Waals surface area contributed by atoms with Gasteiger partial charge in [0.2, 0.25) is 6.79 Å². The van der Waals surface area contributed by atoms with Gasteiger partial charge in [0.1, 0.15) is 5.82 Å². The standard InChI is InChI=1S/C20H19ClFNO5/c1-23(10-14-15(21)3-2-4-16(14)22)19(24)11-26-20(25)8-6-13-5-7-17-18(9-13)28-12-27-17/h2-5,7,9H,6,8,10-12H2,1H3. The van der Waals surface area contributed by atoms with Crippen LogP contribution in [0.2, 0.25) is 5.02 Å². The molecule has 0 N–H and O–H groups in total. The molecule has 0 atom stereocenters. The number of nitrogens with zero attached hydrogens (tertiary/aromatic N) is 1. The lowest BCUT2D eigenvalue weighted by atomic mass is 10.1. The SMILES string of the molecule is CN(Cc1c(F)cccc1Cl)C(=O)COC(=O)CCc1ccc2c(c1)OCO2. The molecule has 0 saturated heterocycles. The number of likely N-dealkylation sites (N-methyl/N-ethyl adjacent to an activating group) is 1. The molecule has 0 saturated carbocycles. The Morgan fingerprint density at radius 2 is 2.00 bits per heavy atom. The minimum atomic E-state index is -0.497. The normalized spacial score (nSPS) is 12.0. The van der Waals surface area contributed by atoms with Crippen LogP contribution in [0.5, 0.6) is 11.5 Å². The first-order chi connectivity index (χ1) is 13.4. The first-order valence-electron chi connectivity index (χ1n) is 8.65. The number of esters is 1. The van der Waals surface area contributed by atoms with Crippen molar-refractivity contribution in [1.29, 1.82) is 0 Å². The molecule has 8 heteroatoms. The van der Waals surface area contributed by atoms with Crippen LogP contribution in [-0.2, 0) is 27.3 Å². The predicted molar refractivity (Wildman–Crippen MR) is 99.7 cm³/mol. The molecular formula is C20H19ClFNO5. The minimum absolute atomic E-state index is 0.0148. The van der Waals surface area contributed by atoms with Crippen LogP contribution < -0.4 is 9.47 Å². The zero-order valence-electron chi connectivity index (χ0n) is 15.2. The van der Waals surface area contributed by atoms with E-state index < -0.39 is 24.3 Å². The summed E-state index contributed by atoms with van der Waals surface area (Å²) < 4.78 is 29.4. The Morgan fingerprint density at radius 3 is 2.79 bits per heavy atom. The van der Waals surface area contributed by atoms with Gasteiger partial charge in [-0.25, -0.2) is 4.39 Å². The molecule has 0 radical (unpaired) electrons. The summed E-state index contributed by atoms with van der Waals surface area (Å²) in [6.45, 7) is -0.240. The molecule has 0 unspecified atom stereocenters.